The highest BCUT2D eigenvalue weighted by Crippen LogP contribution is 2.31. The van der Waals surface area contributed by atoms with Crippen molar-refractivity contribution in [2.75, 3.05) is 11.4 Å². The van der Waals surface area contributed by atoms with Crippen LogP contribution in [0.2, 0.25) is 0 Å². The molecule has 2 aromatic carbocycles. The second kappa shape index (κ2) is 6.30. The molecular weight excluding hydrogens is 315 g/mol. The molecule has 0 saturated heterocycles. The molecule has 2 nitrogen and oxygen atoms in total. The number of hydrogen-bond donors (Lipinski definition) is 0. The van der Waals surface area contributed by atoms with Gasteiger partial charge in [-0.2, -0.15) is 13.2 Å². The molecule has 1 aliphatic heterocycles. The Hall–Kier alpha value is -2.30. The molecule has 0 aromatic heterocycles. The average molecular weight is 333 g/mol. The van der Waals surface area contributed by atoms with E-state index in [4.69, 9.17) is 0 Å². The van der Waals surface area contributed by atoms with Gasteiger partial charge in [-0.05, 0) is 49.1 Å². The number of aryl methyl sites for hydroxylation is 2. The fourth-order valence-electron chi connectivity index (χ4n) is 3.19. The summed E-state index contributed by atoms with van der Waals surface area (Å²) in [5.41, 5.74) is 2.18. The molecule has 0 saturated carbocycles. The van der Waals surface area contributed by atoms with Crippen LogP contribution in [-0.4, -0.2) is 12.5 Å². The number of para-hydroxylation sites is 1. The van der Waals surface area contributed by atoms with Gasteiger partial charge in [0.2, 0.25) is 5.91 Å². The van der Waals surface area contributed by atoms with Gasteiger partial charge in [0.05, 0.1) is 12.0 Å². The predicted molar refractivity (Wildman–Crippen MR) is 87.0 cm³/mol. The lowest BCUT2D eigenvalue weighted by atomic mass is 9.99. The fraction of sp³-hybridized carbons (Fsp3) is 0.316. The van der Waals surface area contributed by atoms with Gasteiger partial charge in [-0.3, -0.25) is 4.79 Å². The van der Waals surface area contributed by atoms with E-state index in [0.717, 1.165) is 36.2 Å². The number of rotatable bonds is 2. The number of anilines is 1. The first-order valence-corrected chi connectivity index (χ1v) is 7.90. The molecule has 0 spiro atoms. The molecule has 0 atom stereocenters. The molecule has 0 fully saturated rings. The number of hydrogen-bond acceptors (Lipinski definition) is 1. The van der Waals surface area contributed by atoms with Gasteiger partial charge in [0, 0.05) is 12.2 Å². The number of alkyl halides is 3. The van der Waals surface area contributed by atoms with Crippen LogP contribution in [0.4, 0.5) is 18.9 Å². The normalized spacial score (nSPS) is 14.4. The highest BCUT2D eigenvalue weighted by molar-refractivity contribution is 5.95. The zero-order valence-electron chi connectivity index (χ0n) is 13.4. The van der Waals surface area contributed by atoms with E-state index in [1.165, 1.54) is 0 Å². The molecule has 3 rings (SSSR count). The number of fused-ring (bicyclic) bond motifs is 1. The molecule has 5 heteroatoms. The summed E-state index contributed by atoms with van der Waals surface area (Å²) in [6.07, 6.45) is -2.65. The van der Waals surface area contributed by atoms with Gasteiger partial charge < -0.3 is 4.90 Å². The van der Waals surface area contributed by atoms with Crippen molar-refractivity contribution < 1.29 is 18.0 Å². The van der Waals surface area contributed by atoms with Crippen molar-refractivity contribution in [3.05, 3.63) is 64.7 Å². The van der Waals surface area contributed by atoms with Crippen LogP contribution >= 0.6 is 0 Å². The molecule has 1 amide bonds. The molecule has 24 heavy (non-hydrogen) atoms. The SMILES string of the molecule is Cc1cc(CC(=O)N2CCCc3ccccc32)cc(C(F)(F)F)c1. The first-order valence-electron chi connectivity index (χ1n) is 7.90. The van der Waals surface area contributed by atoms with Gasteiger partial charge in [0.1, 0.15) is 0 Å². The van der Waals surface area contributed by atoms with Gasteiger partial charge >= 0.3 is 6.18 Å². The molecule has 0 N–H and O–H groups in total. The highest BCUT2D eigenvalue weighted by atomic mass is 19.4. The van der Waals surface area contributed by atoms with Crippen molar-refractivity contribution in [1.29, 1.82) is 0 Å². The van der Waals surface area contributed by atoms with Gasteiger partial charge in [0.25, 0.3) is 0 Å². The summed E-state index contributed by atoms with van der Waals surface area (Å²) >= 11 is 0. The standard InChI is InChI=1S/C19H18F3NO/c1-13-9-14(11-16(10-13)19(20,21)22)12-18(24)23-8-4-6-15-5-2-3-7-17(15)23/h2-3,5,7,9-11H,4,6,8,12H2,1H3. The third-order valence-electron chi connectivity index (χ3n) is 4.23. The minimum absolute atomic E-state index is 0.0287. The maximum absolute atomic E-state index is 12.9. The Morgan fingerprint density at radius 2 is 1.92 bits per heavy atom. The van der Waals surface area contributed by atoms with Gasteiger partial charge in [0.15, 0.2) is 0 Å². The maximum atomic E-state index is 12.9. The lowest BCUT2D eigenvalue weighted by Gasteiger charge is -2.29. The number of carbonyl (C=O) groups excluding carboxylic acids is 1. The van der Waals surface area contributed by atoms with E-state index in [2.05, 4.69) is 0 Å². The van der Waals surface area contributed by atoms with Crippen molar-refractivity contribution in [3.63, 3.8) is 0 Å². The quantitative estimate of drug-likeness (QED) is 0.790. The molecule has 0 radical (unpaired) electrons. The van der Waals surface area contributed by atoms with Crippen LogP contribution in [0.3, 0.4) is 0 Å². The van der Waals surface area contributed by atoms with E-state index in [-0.39, 0.29) is 12.3 Å². The van der Waals surface area contributed by atoms with Crippen LogP contribution < -0.4 is 4.90 Å². The summed E-state index contributed by atoms with van der Waals surface area (Å²) in [6.45, 7) is 2.22. The Balaban J connectivity index is 1.85. The first-order chi connectivity index (χ1) is 11.3. The minimum Gasteiger partial charge on any atom is -0.312 e. The summed E-state index contributed by atoms with van der Waals surface area (Å²) in [6, 6.07) is 11.5. The van der Waals surface area contributed by atoms with Crippen molar-refractivity contribution in [3.8, 4) is 0 Å². The summed E-state index contributed by atoms with van der Waals surface area (Å²) in [5, 5.41) is 0. The largest absolute Gasteiger partial charge is 0.416 e. The summed E-state index contributed by atoms with van der Waals surface area (Å²) in [7, 11) is 0. The lowest BCUT2D eigenvalue weighted by molar-refractivity contribution is -0.137. The molecule has 0 unspecified atom stereocenters. The number of amides is 1. The molecule has 1 aliphatic rings. The Kier molecular flexibility index (Phi) is 4.35. The molecular formula is C19H18F3NO. The molecule has 2 aromatic rings. The molecule has 1 heterocycles. The average Bonchev–Trinajstić information content (AvgIpc) is 2.53. The van der Waals surface area contributed by atoms with Crippen LogP contribution in [0.15, 0.2) is 42.5 Å². The van der Waals surface area contributed by atoms with E-state index >= 15 is 0 Å². The van der Waals surface area contributed by atoms with E-state index in [9.17, 15) is 18.0 Å². The Morgan fingerprint density at radius 3 is 2.67 bits per heavy atom. The fourth-order valence-corrected chi connectivity index (χ4v) is 3.19. The van der Waals surface area contributed by atoms with Crippen LogP contribution in [0, 0.1) is 6.92 Å². The van der Waals surface area contributed by atoms with Crippen LogP contribution in [0.25, 0.3) is 0 Å². The second-order valence-corrected chi connectivity index (χ2v) is 6.16. The zero-order valence-corrected chi connectivity index (χ0v) is 13.4. The van der Waals surface area contributed by atoms with Crippen molar-refractivity contribution in [2.24, 2.45) is 0 Å². The van der Waals surface area contributed by atoms with E-state index < -0.39 is 11.7 Å². The number of nitrogens with zero attached hydrogens (tertiary/aromatic N) is 1. The monoisotopic (exact) mass is 333 g/mol. The van der Waals surface area contributed by atoms with Crippen LogP contribution in [-0.2, 0) is 23.8 Å². The molecule has 126 valence electrons. The smallest absolute Gasteiger partial charge is 0.312 e. The summed E-state index contributed by atoms with van der Waals surface area (Å²) in [4.78, 5) is 14.3. The number of carbonyl (C=O) groups is 1. The maximum Gasteiger partial charge on any atom is 0.416 e. The highest BCUT2D eigenvalue weighted by Gasteiger charge is 2.31. The van der Waals surface area contributed by atoms with E-state index in [1.54, 1.807) is 17.9 Å². The number of halogens is 3. The van der Waals surface area contributed by atoms with Crippen molar-refractivity contribution in [2.45, 2.75) is 32.4 Å². The summed E-state index contributed by atoms with van der Waals surface area (Å²) < 4.78 is 38.8. The van der Waals surface area contributed by atoms with Gasteiger partial charge in [-0.15, -0.1) is 0 Å². The predicted octanol–water partition coefficient (Wildman–Crippen LogP) is 4.54. The van der Waals surface area contributed by atoms with Gasteiger partial charge in [-0.25, -0.2) is 0 Å². The number of benzene rings is 2. The lowest BCUT2D eigenvalue weighted by Crippen LogP contribution is -2.36. The van der Waals surface area contributed by atoms with Crippen LogP contribution in [0.1, 0.15) is 28.7 Å². The van der Waals surface area contributed by atoms with Gasteiger partial charge in [-0.1, -0.05) is 29.8 Å². The van der Waals surface area contributed by atoms with E-state index in [1.807, 2.05) is 24.3 Å². The molecule has 0 bridgehead atoms. The molecule has 0 aliphatic carbocycles. The van der Waals surface area contributed by atoms with Crippen LogP contribution in [0.5, 0.6) is 0 Å². The minimum atomic E-state index is -4.40. The Labute approximate surface area is 138 Å². The van der Waals surface area contributed by atoms with Crippen molar-refractivity contribution in [1.82, 2.24) is 0 Å². The third-order valence-corrected chi connectivity index (χ3v) is 4.23. The van der Waals surface area contributed by atoms with E-state index in [0.29, 0.717) is 17.7 Å². The van der Waals surface area contributed by atoms with Crippen molar-refractivity contribution >= 4 is 11.6 Å². The summed E-state index contributed by atoms with van der Waals surface area (Å²) in [5.74, 6) is -0.166. The Morgan fingerprint density at radius 1 is 1.17 bits per heavy atom. The zero-order chi connectivity index (χ0) is 17.3. The Bertz CT molecular complexity index is 767. The third kappa shape index (κ3) is 3.45. The second-order valence-electron chi connectivity index (χ2n) is 6.16. The first kappa shape index (κ1) is 16.6. The topological polar surface area (TPSA) is 20.3 Å².